The fourth-order valence-corrected chi connectivity index (χ4v) is 3.07. The third-order valence-corrected chi connectivity index (χ3v) is 4.98. The molecule has 0 saturated carbocycles. The van der Waals surface area contributed by atoms with Gasteiger partial charge in [-0.15, -0.1) is 16.9 Å². The second-order valence-electron chi connectivity index (χ2n) is 6.65. The van der Waals surface area contributed by atoms with Crippen LogP contribution in [0.5, 0.6) is 0 Å². The zero-order valence-electron chi connectivity index (χ0n) is 15.7. The van der Waals surface area contributed by atoms with Crippen LogP contribution >= 0.6 is 11.8 Å². The molecular weight excluding hydrogens is 358 g/mol. The quantitative estimate of drug-likeness (QED) is 0.602. The summed E-state index contributed by atoms with van der Waals surface area (Å²) in [6, 6.07) is 16.4. The van der Waals surface area contributed by atoms with Crippen LogP contribution in [0.1, 0.15) is 42.3 Å². The number of hydrogen-bond acceptors (Lipinski definition) is 5. The van der Waals surface area contributed by atoms with Crippen LogP contribution in [0.3, 0.4) is 0 Å². The molecule has 140 valence electrons. The average molecular weight is 382 g/mol. The number of rotatable bonds is 7. The van der Waals surface area contributed by atoms with E-state index in [2.05, 4.69) is 53.6 Å². The van der Waals surface area contributed by atoms with Gasteiger partial charge in [-0.05, 0) is 41.0 Å². The predicted molar refractivity (Wildman–Crippen MR) is 108 cm³/mol. The van der Waals surface area contributed by atoms with E-state index in [-0.39, 0.29) is 18.3 Å². The number of aromatic nitrogens is 2. The van der Waals surface area contributed by atoms with Gasteiger partial charge in [0.1, 0.15) is 0 Å². The van der Waals surface area contributed by atoms with Crippen molar-refractivity contribution in [1.82, 2.24) is 10.2 Å². The highest BCUT2D eigenvalue weighted by Gasteiger charge is 2.11. The molecule has 3 rings (SSSR count). The van der Waals surface area contributed by atoms with Crippen molar-refractivity contribution in [3.63, 3.8) is 0 Å². The Labute approximate surface area is 163 Å². The molecule has 2 aromatic carbocycles. The van der Waals surface area contributed by atoms with E-state index in [0.717, 1.165) is 11.1 Å². The molecule has 0 atom stereocenters. The Balaban J connectivity index is 1.55. The van der Waals surface area contributed by atoms with E-state index < -0.39 is 0 Å². The first kappa shape index (κ1) is 19.2. The summed E-state index contributed by atoms with van der Waals surface area (Å²) >= 11 is 1.70. The number of carbonyl (C=O) groups is 1. The van der Waals surface area contributed by atoms with Crippen LogP contribution in [0.25, 0.3) is 0 Å². The number of nitrogens with one attached hydrogen (secondary N) is 1. The summed E-state index contributed by atoms with van der Waals surface area (Å²) in [6.07, 6.45) is 2.85. The minimum absolute atomic E-state index is 0.134. The molecule has 0 unspecified atom stereocenters. The van der Waals surface area contributed by atoms with Gasteiger partial charge in [0.15, 0.2) is 0 Å². The fraction of sp³-hybridized carbons (Fsp3) is 0.286. The van der Waals surface area contributed by atoms with Crippen molar-refractivity contribution in [1.29, 1.82) is 0 Å². The van der Waals surface area contributed by atoms with Gasteiger partial charge in [0, 0.05) is 4.90 Å². The molecule has 0 saturated heterocycles. The van der Waals surface area contributed by atoms with Gasteiger partial charge in [0.25, 0.3) is 0 Å². The summed E-state index contributed by atoms with van der Waals surface area (Å²) in [5, 5.41) is 10.6. The highest BCUT2D eigenvalue weighted by atomic mass is 32.2. The van der Waals surface area contributed by atoms with E-state index in [9.17, 15) is 4.79 Å². The van der Waals surface area contributed by atoms with Gasteiger partial charge in [0.05, 0.1) is 12.8 Å². The van der Waals surface area contributed by atoms with Gasteiger partial charge < -0.3 is 4.42 Å². The summed E-state index contributed by atoms with van der Waals surface area (Å²) in [4.78, 5) is 13.4. The Morgan fingerprint density at radius 1 is 1.04 bits per heavy atom. The lowest BCUT2D eigenvalue weighted by Gasteiger charge is -2.06. The van der Waals surface area contributed by atoms with Crippen molar-refractivity contribution in [2.45, 2.75) is 37.5 Å². The molecule has 0 spiro atoms. The molecule has 1 heterocycles. The first-order chi connectivity index (χ1) is 13.0. The molecule has 27 heavy (non-hydrogen) atoms. The molecule has 1 aromatic heterocycles. The SMILES string of the molecule is CSc1ccc(Cc2nnc(NC(=O)Cc3ccc(C(C)C)cc3)o2)cc1. The largest absolute Gasteiger partial charge is 0.407 e. The molecule has 1 N–H and O–H groups in total. The van der Waals surface area contributed by atoms with E-state index in [4.69, 9.17) is 4.42 Å². The van der Waals surface area contributed by atoms with Gasteiger partial charge in [-0.2, -0.15) is 0 Å². The minimum Gasteiger partial charge on any atom is -0.407 e. The van der Waals surface area contributed by atoms with Crippen LogP contribution < -0.4 is 5.32 Å². The lowest BCUT2D eigenvalue weighted by molar-refractivity contribution is -0.115. The topological polar surface area (TPSA) is 68.0 Å². The summed E-state index contributed by atoms with van der Waals surface area (Å²) in [5.74, 6) is 0.775. The van der Waals surface area contributed by atoms with E-state index in [0.29, 0.717) is 18.2 Å². The molecule has 6 heteroatoms. The molecule has 0 radical (unpaired) electrons. The Morgan fingerprint density at radius 3 is 2.33 bits per heavy atom. The number of thioether (sulfide) groups is 1. The van der Waals surface area contributed by atoms with Crippen molar-refractivity contribution in [3.8, 4) is 0 Å². The number of anilines is 1. The van der Waals surface area contributed by atoms with Crippen LogP contribution in [0, 0.1) is 0 Å². The Morgan fingerprint density at radius 2 is 1.70 bits per heavy atom. The van der Waals surface area contributed by atoms with Gasteiger partial charge in [-0.3, -0.25) is 10.1 Å². The second-order valence-corrected chi connectivity index (χ2v) is 7.53. The van der Waals surface area contributed by atoms with Crippen molar-refractivity contribution in [2.75, 3.05) is 11.6 Å². The molecule has 0 fully saturated rings. The third kappa shape index (κ3) is 5.44. The van der Waals surface area contributed by atoms with E-state index >= 15 is 0 Å². The standard InChI is InChI=1S/C21H23N3O2S/c1-14(2)17-8-4-15(5-9-17)12-19(25)22-21-24-23-20(26-21)13-16-6-10-18(27-3)11-7-16/h4-11,14H,12-13H2,1-3H3,(H,22,24,25). The molecule has 0 bridgehead atoms. The molecule has 3 aromatic rings. The molecular formula is C21H23N3O2S. The molecule has 0 aliphatic carbocycles. The maximum absolute atomic E-state index is 12.2. The summed E-state index contributed by atoms with van der Waals surface area (Å²) in [6.45, 7) is 4.29. The van der Waals surface area contributed by atoms with E-state index in [1.807, 2.05) is 30.5 Å². The van der Waals surface area contributed by atoms with Gasteiger partial charge in [-0.25, -0.2) is 0 Å². The van der Waals surface area contributed by atoms with Crippen LogP contribution in [0.4, 0.5) is 6.01 Å². The highest BCUT2D eigenvalue weighted by molar-refractivity contribution is 7.98. The Kier molecular flexibility index (Phi) is 6.29. The summed E-state index contributed by atoms with van der Waals surface area (Å²) in [5.41, 5.74) is 3.29. The second kappa shape index (κ2) is 8.86. The maximum Gasteiger partial charge on any atom is 0.322 e. The average Bonchev–Trinajstić information content (AvgIpc) is 3.09. The lowest BCUT2D eigenvalue weighted by Crippen LogP contribution is -2.14. The van der Waals surface area contributed by atoms with Gasteiger partial charge in [0.2, 0.25) is 11.8 Å². The third-order valence-electron chi connectivity index (χ3n) is 4.24. The first-order valence-electron chi connectivity index (χ1n) is 8.87. The van der Waals surface area contributed by atoms with Crippen LogP contribution in [0.2, 0.25) is 0 Å². The fourth-order valence-electron chi connectivity index (χ4n) is 2.66. The van der Waals surface area contributed by atoms with Crippen molar-refractivity contribution < 1.29 is 9.21 Å². The monoisotopic (exact) mass is 381 g/mol. The molecule has 0 aliphatic rings. The normalized spacial score (nSPS) is 11.0. The van der Waals surface area contributed by atoms with Gasteiger partial charge in [-0.1, -0.05) is 55.3 Å². The zero-order chi connectivity index (χ0) is 19.2. The Hall–Kier alpha value is -2.60. The first-order valence-corrected chi connectivity index (χ1v) is 10.1. The van der Waals surface area contributed by atoms with Crippen molar-refractivity contribution in [3.05, 3.63) is 71.1 Å². The summed E-state index contributed by atoms with van der Waals surface area (Å²) < 4.78 is 5.54. The molecule has 5 nitrogen and oxygen atoms in total. The number of nitrogens with zero attached hydrogens (tertiary/aromatic N) is 2. The molecule has 0 aliphatic heterocycles. The van der Waals surface area contributed by atoms with Crippen LogP contribution in [0.15, 0.2) is 57.8 Å². The predicted octanol–water partition coefficient (Wildman–Crippen LogP) is 4.69. The van der Waals surface area contributed by atoms with Crippen molar-refractivity contribution >= 4 is 23.7 Å². The Bertz CT molecular complexity index is 887. The zero-order valence-corrected chi connectivity index (χ0v) is 16.5. The van der Waals surface area contributed by atoms with Gasteiger partial charge >= 0.3 is 6.01 Å². The number of benzene rings is 2. The number of hydrogen-bond donors (Lipinski definition) is 1. The maximum atomic E-state index is 12.2. The molecule has 1 amide bonds. The number of amides is 1. The minimum atomic E-state index is -0.174. The lowest BCUT2D eigenvalue weighted by atomic mass is 10.0. The smallest absolute Gasteiger partial charge is 0.322 e. The number of carbonyl (C=O) groups excluding carboxylic acids is 1. The van der Waals surface area contributed by atoms with Crippen molar-refractivity contribution in [2.24, 2.45) is 0 Å². The van der Waals surface area contributed by atoms with E-state index in [1.54, 1.807) is 11.8 Å². The van der Waals surface area contributed by atoms with E-state index in [1.165, 1.54) is 10.5 Å². The highest BCUT2D eigenvalue weighted by Crippen LogP contribution is 2.18. The summed E-state index contributed by atoms with van der Waals surface area (Å²) in [7, 11) is 0. The van der Waals surface area contributed by atoms with Crippen LogP contribution in [-0.4, -0.2) is 22.4 Å². The van der Waals surface area contributed by atoms with Crippen LogP contribution in [-0.2, 0) is 17.6 Å².